The molecule has 0 bridgehead atoms. The van der Waals surface area contributed by atoms with Gasteiger partial charge in [0, 0.05) is 34.6 Å². The summed E-state index contributed by atoms with van der Waals surface area (Å²) in [5.74, 6) is 0.847. The smallest absolute Gasteiger partial charge is 0.193 e. The number of hydrogen-bond acceptors (Lipinski definition) is 2. The first kappa shape index (κ1) is 25.3. The second kappa shape index (κ2) is 10.4. The summed E-state index contributed by atoms with van der Waals surface area (Å²) < 4.78 is 0. The Morgan fingerprint density at radius 3 is 1.93 bits per heavy atom. The molecule has 0 heterocycles. The SMILES string of the molecule is O=C1c2ccc(C3CCCCC3)cc2Cc2cc3c(cc21)Cc1cccc(N(c2ccccc2)c2ccccc2)c1C3. The van der Waals surface area contributed by atoms with Gasteiger partial charge < -0.3 is 4.90 Å². The molecule has 5 aromatic rings. The number of carbonyl (C=O) groups is 1. The fraction of sp³-hybridized carbons (Fsp3) is 0.225. The summed E-state index contributed by atoms with van der Waals surface area (Å²) in [5.41, 5.74) is 14.6. The summed E-state index contributed by atoms with van der Waals surface area (Å²) in [4.78, 5) is 16.2. The summed E-state index contributed by atoms with van der Waals surface area (Å²) in [5, 5.41) is 0. The Morgan fingerprint density at radius 2 is 1.19 bits per heavy atom. The molecule has 0 spiro atoms. The number of rotatable bonds is 4. The van der Waals surface area contributed by atoms with E-state index in [1.54, 1.807) is 0 Å². The van der Waals surface area contributed by atoms with Gasteiger partial charge in [0.15, 0.2) is 5.78 Å². The van der Waals surface area contributed by atoms with Crippen LogP contribution in [-0.2, 0) is 19.3 Å². The van der Waals surface area contributed by atoms with E-state index in [9.17, 15) is 4.79 Å². The summed E-state index contributed by atoms with van der Waals surface area (Å²) in [6, 6.07) is 39.3. The highest BCUT2D eigenvalue weighted by atomic mass is 16.1. The first-order valence-corrected chi connectivity index (χ1v) is 15.6. The Balaban J connectivity index is 1.17. The van der Waals surface area contributed by atoms with Crippen LogP contribution in [0.3, 0.4) is 0 Å². The predicted octanol–water partition coefficient (Wildman–Crippen LogP) is 9.83. The average Bonchev–Trinajstić information content (AvgIpc) is 3.05. The van der Waals surface area contributed by atoms with Gasteiger partial charge >= 0.3 is 0 Å². The minimum Gasteiger partial charge on any atom is -0.310 e. The van der Waals surface area contributed by atoms with Gasteiger partial charge in [-0.25, -0.2) is 0 Å². The van der Waals surface area contributed by atoms with Gasteiger partial charge in [0.05, 0.1) is 0 Å². The third-order valence-electron chi connectivity index (χ3n) is 9.77. The minimum atomic E-state index is 0.197. The third-order valence-corrected chi connectivity index (χ3v) is 9.77. The zero-order valence-electron chi connectivity index (χ0n) is 24.0. The third kappa shape index (κ3) is 4.38. The van der Waals surface area contributed by atoms with Crippen molar-refractivity contribution in [2.45, 2.75) is 57.3 Å². The monoisotopic (exact) mass is 545 g/mol. The molecule has 0 unspecified atom stereocenters. The number of fused-ring (bicyclic) bond motifs is 4. The number of hydrogen-bond donors (Lipinski definition) is 0. The molecule has 1 saturated carbocycles. The van der Waals surface area contributed by atoms with Gasteiger partial charge in [0.1, 0.15) is 0 Å². The molecule has 0 atom stereocenters. The van der Waals surface area contributed by atoms with Crippen molar-refractivity contribution in [2.24, 2.45) is 0 Å². The fourth-order valence-corrected chi connectivity index (χ4v) is 7.63. The largest absolute Gasteiger partial charge is 0.310 e. The lowest BCUT2D eigenvalue weighted by Crippen LogP contribution is -2.20. The first-order valence-electron chi connectivity index (χ1n) is 15.6. The van der Waals surface area contributed by atoms with Crippen molar-refractivity contribution in [1.82, 2.24) is 0 Å². The van der Waals surface area contributed by atoms with Crippen LogP contribution >= 0.6 is 0 Å². The molecule has 0 saturated heterocycles. The summed E-state index contributed by atoms with van der Waals surface area (Å²) in [7, 11) is 0. The van der Waals surface area contributed by atoms with Crippen LogP contribution in [0.2, 0.25) is 0 Å². The number of ketones is 1. The minimum absolute atomic E-state index is 0.197. The molecule has 42 heavy (non-hydrogen) atoms. The summed E-state index contributed by atoms with van der Waals surface area (Å²) in [6.45, 7) is 0. The second-order valence-electron chi connectivity index (χ2n) is 12.3. The van der Waals surface area contributed by atoms with Crippen LogP contribution in [0.4, 0.5) is 17.1 Å². The Kier molecular flexibility index (Phi) is 6.29. The van der Waals surface area contributed by atoms with Gasteiger partial charge in [-0.1, -0.05) is 92.1 Å². The molecule has 0 amide bonds. The van der Waals surface area contributed by atoms with Gasteiger partial charge in [-0.2, -0.15) is 0 Å². The van der Waals surface area contributed by atoms with E-state index in [1.807, 2.05) is 0 Å². The normalized spacial score (nSPS) is 15.8. The molecule has 3 aliphatic rings. The van der Waals surface area contributed by atoms with E-state index in [2.05, 4.69) is 114 Å². The average molecular weight is 546 g/mol. The first-order chi connectivity index (χ1) is 20.7. The van der Waals surface area contributed by atoms with Gasteiger partial charge in [-0.15, -0.1) is 0 Å². The molecule has 8 rings (SSSR count). The quantitative estimate of drug-likeness (QED) is 0.219. The molecular weight excluding hydrogens is 510 g/mol. The Morgan fingerprint density at radius 1 is 0.524 bits per heavy atom. The number of benzene rings is 5. The lowest BCUT2D eigenvalue weighted by molar-refractivity contribution is 0.103. The zero-order chi connectivity index (χ0) is 28.0. The highest BCUT2D eigenvalue weighted by Crippen LogP contribution is 2.42. The van der Waals surface area contributed by atoms with Crippen LogP contribution in [-0.4, -0.2) is 5.78 Å². The fourth-order valence-electron chi connectivity index (χ4n) is 7.63. The summed E-state index contributed by atoms with van der Waals surface area (Å²) >= 11 is 0. The number of carbonyl (C=O) groups excluding carboxylic acids is 1. The second-order valence-corrected chi connectivity index (χ2v) is 12.3. The molecule has 0 aromatic heterocycles. The van der Waals surface area contributed by atoms with Crippen LogP contribution in [0.25, 0.3) is 0 Å². The van der Waals surface area contributed by atoms with Gasteiger partial charge in [0.2, 0.25) is 0 Å². The van der Waals surface area contributed by atoms with Crippen LogP contribution in [0.5, 0.6) is 0 Å². The van der Waals surface area contributed by atoms with Gasteiger partial charge in [0.25, 0.3) is 0 Å². The Bertz CT molecular complexity index is 1760. The van der Waals surface area contributed by atoms with Crippen molar-refractivity contribution in [3.63, 3.8) is 0 Å². The lowest BCUT2D eigenvalue weighted by Gasteiger charge is -2.31. The Labute approximate surface area is 248 Å². The molecule has 1 fully saturated rings. The van der Waals surface area contributed by atoms with E-state index in [0.717, 1.165) is 41.8 Å². The molecule has 0 radical (unpaired) electrons. The lowest BCUT2D eigenvalue weighted by atomic mass is 9.77. The van der Waals surface area contributed by atoms with E-state index >= 15 is 0 Å². The van der Waals surface area contributed by atoms with Crippen LogP contribution in [0.15, 0.2) is 109 Å². The molecule has 2 heteroatoms. The number of nitrogens with zero attached hydrogens (tertiary/aromatic N) is 1. The van der Waals surface area contributed by atoms with Crippen molar-refractivity contribution >= 4 is 22.8 Å². The maximum absolute atomic E-state index is 13.8. The molecular formula is C40H35NO. The van der Waals surface area contributed by atoms with Crippen molar-refractivity contribution in [1.29, 1.82) is 0 Å². The van der Waals surface area contributed by atoms with E-state index in [4.69, 9.17) is 0 Å². The van der Waals surface area contributed by atoms with Gasteiger partial charge in [-0.3, -0.25) is 4.79 Å². The number of anilines is 3. The van der Waals surface area contributed by atoms with E-state index in [0.29, 0.717) is 5.92 Å². The topological polar surface area (TPSA) is 20.3 Å². The van der Waals surface area contributed by atoms with Crippen molar-refractivity contribution < 1.29 is 4.79 Å². The maximum atomic E-state index is 13.8. The van der Waals surface area contributed by atoms with E-state index in [1.165, 1.54) is 76.7 Å². The molecule has 0 aliphatic heterocycles. The predicted molar refractivity (Wildman–Crippen MR) is 172 cm³/mol. The van der Waals surface area contributed by atoms with Crippen molar-refractivity contribution in [2.75, 3.05) is 4.90 Å². The van der Waals surface area contributed by atoms with Crippen molar-refractivity contribution in [3.05, 3.63) is 159 Å². The van der Waals surface area contributed by atoms with Crippen LogP contribution in [0, 0.1) is 0 Å². The van der Waals surface area contributed by atoms with Crippen molar-refractivity contribution in [3.8, 4) is 0 Å². The standard InChI is InChI=1S/C40H35NO/c42-40-36-20-19-28(27-11-4-1-5-12-27)21-32(36)24-33-23-31-25-37-29(22-30(31)26-38(33)40)13-10-18-39(37)41(34-14-6-2-7-15-34)35-16-8-3-9-17-35/h2-3,6-10,13-21,23,26-27H,1,4-5,11-12,22,24-25H2. The highest BCUT2D eigenvalue weighted by Gasteiger charge is 2.29. The highest BCUT2D eigenvalue weighted by molar-refractivity contribution is 6.12. The van der Waals surface area contributed by atoms with Gasteiger partial charge in [-0.05, 0) is 107 Å². The molecule has 3 aliphatic carbocycles. The van der Waals surface area contributed by atoms with E-state index < -0.39 is 0 Å². The molecule has 5 aromatic carbocycles. The molecule has 206 valence electrons. The number of para-hydroxylation sites is 2. The maximum Gasteiger partial charge on any atom is 0.193 e. The molecule has 2 nitrogen and oxygen atoms in total. The zero-order valence-corrected chi connectivity index (χ0v) is 24.0. The summed E-state index contributed by atoms with van der Waals surface area (Å²) in [6.07, 6.45) is 9.13. The Hall–Kier alpha value is -4.43. The van der Waals surface area contributed by atoms with Crippen LogP contribution < -0.4 is 4.90 Å². The van der Waals surface area contributed by atoms with Crippen LogP contribution in [0.1, 0.15) is 92.9 Å². The molecule has 0 N–H and O–H groups in total. The van der Waals surface area contributed by atoms with E-state index in [-0.39, 0.29) is 5.78 Å².